The summed E-state index contributed by atoms with van der Waals surface area (Å²) in [6.45, 7) is 7.72. The molecule has 0 aliphatic carbocycles. The summed E-state index contributed by atoms with van der Waals surface area (Å²) >= 11 is 0. The van der Waals surface area contributed by atoms with Gasteiger partial charge in [0, 0.05) is 22.9 Å². The largest absolute Gasteiger partial charge is 0.350 e. The Hall–Kier alpha value is -2.62. The zero-order chi connectivity index (χ0) is 17.0. The van der Waals surface area contributed by atoms with Crippen molar-refractivity contribution < 1.29 is 9.59 Å². The van der Waals surface area contributed by atoms with Crippen LogP contribution in [0.3, 0.4) is 0 Å². The predicted molar refractivity (Wildman–Crippen MR) is 92.9 cm³/mol. The molecule has 4 heteroatoms. The first-order valence-electron chi connectivity index (χ1n) is 7.66. The molecule has 120 valence electrons. The van der Waals surface area contributed by atoms with Crippen LogP contribution < -0.4 is 10.6 Å². The minimum Gasteiger partial charge on any atom is -0.350 e. The Morgan fingerprint density at radius 3 is 2.22 bits per heavy atom. The molecule has 0 aromatic heterocycles. The van der Waals surface area contributed by atoms with Gasteiger partial charge in [0.25, 0.3) is 11.8 Å². The molecule has 0 aliphatic heterocycles. The van der Waals surface area contributed by atoms with Crippen molar-refractivity contribution >= 4 is 17.5 Å². The van der Waals surface area contributed by atoms with E-state index < -0.39 is 0 Å². The van der Waals surface area contributed by atoms with Gasteiger partial charge in [-0.15, -0.1) is 0 Å². The number of aryl methyl sites for hydroxylation is 2. The Bertz CT molecular complexity index is 736. The lowest BCUT2D eigenvalue weighted by Crippen LogP contribution is -2.30. The molecule has 0 heterocycles. The molecule has 0 fully saturated rings. The van der Waals surface area contributed by atoms with Crippen molar-refractivity contribution in [3.05, 3.63) is 64.7 Å². The Balaban J connectivity index is 2.20. The molecule has 2 amide bonds. The van der Waals surface area contributed by atoms with Gasteiger partial charge in [-0.25, -0.2) is 0 Å². The fourth-order valence-corrected chi connectivity index (χ4v) is 2.21. The second-order valence-electron chi connectivity index (χ2n) is 5.98. The van der Waals surface area contributed by atoms with Crippen LogP contribution in [0.2, 0.25) is 0 Å². The van der Waals surface area contributed by atoms with E-state index in [1.54, 1.807) is 24.3 Å². The molecule has 2 rings (SSSR count). The Morgan fingerprint density at radius 1 is 0.913 bits per heavy atom. The maximum absolute atomic E-state index is 12.4. The topological polar surface area (TPSA) is 58.2 Å². The minimum absolute atomic E-state index is 0.0509. The van der Waals surface area contributed by atoms with Gasteiger partial charge in [-0.05, 0) is 63.1 Å². The lowest BCUT2D eigenvalue weighted by Gasteiger charge is -2.11. The van der Waals surface area contributed by atoms with Crippen molar-refractivity contribution in [1.82, 2.24) is 5.32 Å². The summed E-state index contributed by atoms with van der Waals surface area (Å²) in [7, 11) is 0. The van der Waals surface area contributed by atoms with Crippen LogP contribution in [0.1, 0.15) is 45.7 Å². The second kappa shape index (κ2) is 7.09. The highest BCUT2D eigenvalue weighted by Crippen LogP contribution is 2.17. The van der Waals surface area contributed by atoms with Gasteiger partial charge < -0.3 is 10.6 Å². The molecule has 2 aromatic rings. The zero-order valence-corrected chi connectivity index (χ0v) is 13.9. The molecule has 23 heavy (non-hydrogen) atoms. The molecule has 0 saturated carbocycles. The van der Waals surface area contributed by atoms with Crippen LogP contribution in [-0.2, 0) is 0 Å². The van der Waals surface area contributed by atoms with Gasteiger partial charge in [0.2, 0.25) is 0 Å². The molecule has 0 saturated heterocycles. The van der Waals surface area contributed by atoms with Crippen molar-refractivity contribution in [2.24, 2.45) is 0 Å². The smallest absolute Gasteiger partial charge is 0.255 e. The zero-order valence-electron chi connectivity index (χ0n) is 13.9. The quantitative estimate of drug-likeness (QED) is 0.904. The van der Waals surface area contributed by atoms with Crippen molar-refractivity contribution in [2.75, 3.05) is 5.32 Å². The van der Waals surface area contributed by atoms with E-state index in [9.17, 15) is 9.59 Å². The Morgan fingerprint density at radius 2 is 1.57 bits per heavy atom. The van der Waals surface area contributed by atoms with Crippen LogP contribution in [-0.4, -0.2) is 17.9 Å². The summed E-state index contributed by atoms with van der Waals surface area (Å²) in [5, 5.41) is 5.72. The Labute approximate surface area is 136 Å². The second-order valence-corrected chi connectivity index (χ2v) is 5.98. The highest BCUT2D eigenvalue weighted by molar-refractivity contribution is 6.06. The summed E-state index contributed by atoms with van der Waals surface area (Å²) in [5.41, 5.74) is 3.80. The molecule has 0 spiro atoms. The number of hydrogen-bond donors (Lipinski definition) is 2. The predicted octanol–water partition coefficient (Wildman–Crippen LogP) is 3.69. The monoisotopic (exact) mass is 310 g/mol. The minimum atomic E-state index is -0.224. The van der Waals surface area contributed by atoms with E-state index in [-0.39, 0.29) is 17.9 Å². The van der Waals surface area contributed by atoms with E-state index in [1.807, 2.05) is 45.9 Å². The van der Waals surface area contributed by atoms with Gasteiger partial charge in [-0.3, -0.25) is 9.59 Å². The van der Waals surface area contributed by atoms with Crippen LogP contribution in [0.4, 0.5) is 5.69 Å². The third-order valence-electron chi connectivity index (χ3n) is 3.45. The molecule has 2 N–H and O–H groups in total. The average molecular weight is 310 g/mol. The summed E-state index contributed by atoms with van der Waals surface area (Å²) in [5.74, 6) is -0.403. The molecule has 0 atom stereocenters. The molecular weight excluding hydrogens is 288 g/mol. The normalized spacial score (nSPS) is 10.5. The van der Waals surface area contributed by atoms with E-state index >= 15 is 0 Å². The van der Waals surface area contributed by atoms with Crippen molar-refractivity contribution in [3.8, 4) is 0 Å². The third kappa shape index (κ3) is 4.42. The first-order chi connectivity index (χ1) is 10.9. The number of carbonyl (C=O) groups excluding carboxylic acids is 2. The van der Waals surface area contributed by atoms with E-state index in [2.05, 4.69) is 10.6 Å². The van der Waals surface area contributed by atoms with E-state index in [1.165, 1.54) is 0 Å². The first kappa shape index (κ1) is 16.7. The molecule has 0 unspecified atom stereocenters. The molecule has 0 aliphatic rings. The highest BCUT2D eigenvalue weighted by atomic mass is 16.2. The van der Waals surface area contributed by atoms with Gasteiger partial charge in [0.15, 0.2) is 0 Å². The standard InChI is InChI=1S/C19H22N2O2/c1-12(2)20-18(22)15-6-5-7-16(11-15)19(23)21-17-10-13(3)8-9-14(17)4/h5-12H,1-4H3,(H,20,22)(H,21,23). The SMILES string of the molecule is Cc1ccc(C)c(NC(=O)c2cccc(C(=O)NC(C)C)c2)c1. The van der Waals surface area contributed by atoms with Crippen molar-refractivity contribution in [3.63, 3.8) is 0 Å². The van der Waals surface area contributed by atoms with Crippen LogP contribution >= 0.6 is 0 Å². The van der Waals surface area contributed by atoms with Crippen LogP contribution in [0.5, 0.6) is 0 Å². The van der Waals surface area contributed by atoms with Crippen molar-refractivity contribution in [1.29, 1.82) is 0 Å². The number of nitrogens with one attached hydrogen (secondary N) is 2. The number of amides is 2. The number of rotatable bonds is 4. The van der Waals surface area contributed by atoms with E-state index in [0.717, 1.165) is 16.8 Å². The number of hydrogen-bond acceptors (Lipinski definition) is 2. The summed E-state index contributed by atoms with van der Waals surface area (Å²) < 4.78 is 0. The van der Waals surface area contributed by atoms with Gasteiger partial charge in [-0.2, -0.15) is 0 Å². The lowest BCUT2D eigenvalue weighted by molar-refractivity contribution is 0.0943. The number of carbonyl (C=O) groups is 2. The van der Waals surface area contributed by atoms with E-state index in [4.69, 9.17) is 0 Å². The molecule has 0 bridgehead atoms. The van der Waals surface area contributed by atoms with Crippen LogP contribution in [0.25, 0.3) is 0 Å². The number of benzene rings is 2. The Kier molecular flexibility index (Phi) is 5.16. The van der Waals surface area contributed by atoms with Gasteiger partial charge in [0.1, 0.15) is 0 Å². The van der Waals surface area contributed by atoms with Gasteiger partial charge in [0.05, 0.1) is 0 Å². The summed E-state index contributed by atoms with van der Waals surface area (Å²) in [6.07, 6.45) is 0. The molecule has 4 nitrogen and oxygen atoms in total. The average Bonchev–Trinajstić information content (AvgIpc) is 2.50. The number of anilines is 1. The fraction of sp³-hybridized carbons (Fsp3) is 0.263. The summed E-state index contributed by atoms with van der Waals surface area (Å²) in [4.78, 5) is 24.5. The van der Waals surface area contributed by atoms with Gasteiger partial charge >= 0.3 is 0 Å². The van der Waals surface area contributed by atoms with E-state index in [0.29, 0.717) is 11.1 Å². The lowest BCUT2D eigenvalue weighted by atomic mass is 10.1. The first-order valence-corrected chi connectivity index (χ1v) is 7.66. The molecule has 0 radical (unpaired) electrons. The van der Waals surface area contributed by atoms with Crippen LogP contribution in [0, 0.1) is 13.8 Å². The maximum atomic E-state index is 12.4. The van der Waals surface area contributed by atoms with Crippen molar-refractivity contribution in [2.45, 2.75) is 33.7 Å². The molecular formula is C19H22N2O2. The molecule has 2 aromatic carbocycles. The van der Waals surface area contributed by atoms with Crippen LogP contribution in [0.15, 0.2) is 42.5 Å². The third-order valence-corrected chi connectivity index (χ3v) is 3.45. The fourth-order valence-electron chi connectivity index (χ4n) is 2.21. The highest BCUT2D eigenvalue weighted by Gasteiger charge is 2.12. The van der Waals surface area contributed by atoms with Gasteiger partial charge in [-0.1, -0.05) is 18.2 Å². The maximum Gasteiger partial charge on any atom is 0.255 e. The summed E-state index contributed by atoms with van der Waals surface area (Å²) in [6, 6.07) is 12.7.